The first-order valence-corrected chi connectivity index (χ1v) is 7.59. The molecule has 0 aliphatic rings. The fraction of sp³-hybridized carbons (Fsp3) is 0.0909. The van der Waals surface area contributed by atoms with Gasteiger partial charge in [-0.1, -0.05) is 11.6 Å². The molecule has 0 radical (unpaired) electrons. The van der Waals surface area contributed by atoms with Crippen LogP contribution in [0.4, 0.5) is 5.69 Å². The lowest BCUT2D eigenvalue weighted by Crippen LogP contribution is -1.85. The van der Waals surface area contributed by atoms with Crippen molar-refractivity contribution < 1.29 is 0 Å². The Labute approximate surface area is 116 Å². The minimum absolute atomic E-state index is 0.749. The van der Waals surface area contributed by atoms with E-state index in [0.717, 1.165) is 25.1 Å². The summed E-state index contributed by atoms with van der Waals surface area (Å²) in [7, 11) is 0. The van der Waals surface area contributed by atoms with Crippen LogP contribution in [-0.2, 0) is 5.75 Å². The molecule has 0 amide bonds. The number of halogens is 2. The molecule has 0 atom stereocenters. The molecule has 0 fully saturated rings. The van der Waals surface area contributed by atoms with Crippen LogP contribution < -0.4 is 5.73 Å². The van der Waals surface area contributed by atoms with Crippen molar-refractivity contribution in [2.45, 2.75) is 10.6 Å². The zero-order chi connectivity index (χ0) is 11.5. The molecule has 1 aromatic heterocycles. The van der Waals surface area contributed by atoms with Crippen LogP contribution in [-0.4, -0.2) is 0 Å². The van der Waals surface area contributed by atoms with Crippen LogP contribution in [0.25, 0.3) is 0 Å². The highest BCUT2D eigenvalue weighted by Crippen LogP contribution is 2.33. The number of thiophene rings is 1. The smallest absolute Gasteiger partial charge is 0.0701 e. The first-order chi connectivity index (χ1) is 7.65. The predicted octanol–water partition coefficient (Wildman–Crippen LogP) is 5.04. The number of nitrogens with two attached hydrogens (primary N) is 1. The lowest BCUT2D eigenvalue weighted by Gasteiger charge is -2.04. The van der Waals surface area contributed by atoms with Gasteiger partial charge in [0.25, 0.3) is 0 Å². The van der Waals surface area contributed by atoms with Crippen LogP contribution in [0.3, 0.4) is 0 Å². The maximum atomic E-state index is 6.08. The number of anilines is 1. The molecular weight excluding hydrogens is 326 g/mol. The monoisotopic (exact) mass is 333 g/mol. The lowest BCUT2D eigenvalue weighted by molar-refractivity contribution is 1.41. The van der Waals surface area contributed by atoms with E-state index in [1.807, 2.05) is 18.2 Å². The van der Waals surface area contributed by atoms with Crippen LogP contribution in [0.1, 0.15) is 5.56 Å². The summed E-state index contributed by atoms with van der Waals surface area (Å²) in [5.41, 5.74) is 7.76. The second-order valence-electron chi connectivity index (χ2n) is 3.24. The van der Waals surface area contributed by atoms with E-state index in [4.69, 9.17) is 17.3 Å². The molecule has 0 saturated carbocycles. The van der Waals surface area contributed by atoms with Gasteiger partial charge >= 0.3 is 0 Å². The summed E-state index contributed by atoms with van der Waals surface area (Å²) in [6.07, 6.45) is 0. The first kappa shape index (κ1) is 12.3. The molecule has 0 bridgehead atoms. The van der Waals surface area contributed by atoms with Crippen molar-refractivity contribution in [3.8, 4) is 0 Å². The van der Waals surface area contributed by atoms with Crippen LogP contribution in [0, 0.1) is 0 Å². The van der Waals surface area contributed by atoms with Crippen LogP contribution in [0.5, 0.6) is 0 Å². The molecule has 16 heavy (non-hydrogen) atoms. The normalized spacial score (nSPS) is 10.6. The van der Waals surface area contributed by atoms with E-state index in [0.29, 0.717) is 0 Å². The van der Waals surface area contributed by atoms with Gasteiger partial charge in [0.05, 0.1) is 8.81 Å². The molecule has 2 rings (SSSR count). The average Bonchev–Trinajstić information content (AvgIpc) is 2.66. The Morgan fingerprint density at radius 2 is 2.19 bits per heavy atom. The van der Waals surface area contributed by atoms with Crippen molar-refractivity contribution in [1.82, 2.24) is 0 Å². The van der Waals surface area contributed by atoms with Gasteiger partial charge in [-0.15, -0.1) is 23.1 Å². The van der Waals surface area contributed by atoms with Gasteiger partial charge in [-0.25, -0.2) is 0 Å². The zero-order valence-electron chi connectivity index (χ0n) is 8.24. The molecule has 0 saturated heterocycles. The maximum absolute atomic E-state index is 6.08. The Kier molecular flexibility index (Phi) is 4.19. The molecule has 0 aliphatic carbocycles. The van der Waals surface area contributed by atoms with E-state index in [1.54, 1.807) is 23.1 Å². The molecule has 1 nitrogen and oxygen atoms in total. The van der Waals surface area contributed by atoms with Gasteiger partial charge in [-0.3, -0.25) is 0 Å². The molecule has 2 aromatic rings. The third kappa shape index (κ3) is 3.17. The molecule has 0 aliphatic heterocycles. The number of hydrogen-bond acceptors (Lipinski definition) is 3. The number of thioether (sulfide) groups is 1. The molecule has 84 valence electrons. The number of benzene rings is 1. The van der Waals surface area contributed by atoms with Crippen molar-refractivity contribution in [3.63, 3.8) is 0 Å². The van der Waals surface area contributed by atoms with Gasteiger partial charge in [-0.05, 0) is 51.1 Å². The Balaban J connectivity index is 2.07. The second-order valence-corrected chi connectivity index (χ2v) is 6.95. The van der Waals surface area contributed by atoms with Crippen LogP contribution in [0.2, 0.25) is 5.02 Å². The minimum Gasteiger partial charge on any atom is -0.399 e. The van der Waals surface area contributed by atoms with E-state index in [9.17, 15) is 0 Å². The Morgan fingerprint density at radius 3 is 2.88 bits per heavy atom. The number of rotatable bonds is 3. The maximum Gasteiger partial charge on any atom is 0.0701 e. The zero-order valence-corrected chi connectivity index (χ0v) is 12.2. The SMILES string of the molecule is Nc1ccc(Cl)c(SCc2csc(Br)c2)c1. The van der Waals surface area contributed by atoms with Gasteiger partial charge in [-0.2, -0.15) is 0 Å². The Morgan fingerprint density at radius 1 is 1.38 bits per heavy atom. The third-order valence-electron chi connectivity index (χ3n) is 1.97. The van der Waals surface area contributed by atoms with Crippen molar-refractivity contribution in [3.05, 3.63) is 44.0 Å². The molecule has 0 spiro atoms. The van der Waals surface area contributed by atoms with Crippen LogP contribution in [0.15, 0.2) is 38.3 Å². The van der Waals surface area contributed by atoms with Gasteiger partial charge < -0.3 is 5.73 Å². The van der Waals surface area contributed by atoms with Crippen molar-refractivity contribution in [2.75, 3.05) is 5.73 Å². The lowest BCUT2D eigenvalue weighted by atomic mass is 10.3. The van der Waals surface area contributed by atoms with E-state index in [1.165, 1.54) is 5.56 Å². The summed E-state index contributed by atoms with van der Waals surface area (Å²) < 4.78 is 1.15. The molecule has 1 aromatic carbocycles. The second kappa shape index (κ2) is 5.45. The number of hydrogen-bond donors (Lipinski definition) is 1. The largest absolute Gasteiger partial charge is 0.399 e. The summed E-state index contributed by atoms with van der Waals surface area (Å²) in [5, 5.41) is 2.89. The standard InChI is InChI=1S/C11H9BrClNS2/c12-11-3-7(6-16-11)5-15-10-4-8(14)1-2-9(10)13/h1-4,6H,5,14H2. The molecule has 1 heterocycles. The number of nitrogen functional groups attached to an aromatic ring is 1. The quantitative estimate of drug-likeness (QED) is 0.628. The summed E-state index contributed by atoms with van der Waals surface area (Å²) in [6.45, 7) is 0. The Hall–Kier alpha value is -0.160. The van der Waals surface area contributed by atoms with Crippen molar-refractivity contribution in [1.29, 1.82) is 0 Å². The highest BCUT2D eigenvalue weighted by molar-refractivity contribution is 9.11. The average molecular weight is 335 g/mol. The molecular formula is C11H9BrClNS2. The summed E-state index contributed by atoms with van der Waals surface area (Å²) in [5.74, 6) is 0.908. The van der Waals surface area contributed by atoms with Crippen molar-refractivity contribution in [2.24, 2.45) is 0 Å². The summed E-state index contributed by atoms with van der Waals surface area (Å²) >= 11 is 12.9. The Bertz CT molecular complexity index is 498. The van der Waals surface area contributed by atoms with Crippen LogP contribution >= 0.6 is 50.6 Å². The summed E-state index contributed by atoms with van der Waals surface area (Å²) in [6, 6.07) is 7.68. The highest BCUT2D eigenvalue weighted by atomic mass is 79.9. The minimum atomic E-state index is 0.749. The van der Waals surface area contributed by atoms with Gasteiger partial charge in [0, 0.05) is 16.3 Å². The van der Waals surface area contributed by atoms with E-state index in [-0.39, 0.29) is 0 Å². The predicted molar refractivity (Wildman–Crippen MR) is 77.4 cm³/mol. The van der Waals surface area contributed by atoms with E-state index >= 15 is 0 Å². The van der Waals surface area contributed by atoms with E-state index < -0.39 is 0 Å². The fourth-order valence-electron chi connectivity index (χ4n) is 1.21. The van der Waals surface area contributed by atoms with Gasteiger partial charge in [0.1, 0.15) is 0 Å². The topological polar surface area (TPSA) is 26.0 Å². The third-order valence-corrected chi connectivity index (χ3v) is 5.09. The highest BCUT2D eigenvalue weighted by Gasteiger charge is 2.03. The molecule has 5 heteroatoms. The van der Waals surface area contributed by atoms with Crippen molar-refractivity contribution >= 4 is 56.3 Å². The van der Waals surface area contributed by atoms with E-state index in [2.05, 4.69) is 27.4 Å². The fourth-order valence-corrected chi connectivity index (χ4v) is 3.72. The van der Waals surface area contributed by atoms with Gasteiger partial charge in [0.2, 0.25) is 0 Å². The van der Waals surface area contributed by atoms with Gasteiger partial charge in [0.15, 0.2) is 0 Å². The molecule has 2 N–H and O–H groups in total. The molecule has 0 unspecified atom stereocenters. The summed E-state index contributed by atoms with van der Waals surface area (Å²) in [4.78, 5) is 1.03. The first-order valence-electron chi connectivity index (χ1n) is 4.56.